The van der Waals surface area contributed by atoms with Gasteiger partial charge in [0.2, 0.25) is 0 Å². The summed E-state index contributed by atoms with van der Waals surface area (Å²) < 4.78 is 0. The lowest BCUT2D eigenvalue weighted by Gasteiger charge is -2.35. The number of anilines is 1. The van der Waals surface area contributed by atoms with Gasteiger partial charge in [0.15, 0.2) is 0 Å². The van der Waals surface area contributed by atoms with E-state index >= 15 is 0 Å². The Morgan fingerprint density at radius 3 is 2.55 bits per heavy atom. The van der Waals surface area contributed by atoms with E-state index in [-0.39, 0.29) is 18.7 Å². The fourth-order valence-corrected chi connectivity index (χ4v) is 2.17. The van der Waals surface area contributed by atoms with Gasteiger partial charge in [-0.3, -0.25) is 30.0 Å². The fourth-order valence-electron chi connectivity index (χ4n) is 2.17. The molecular weight excluding hydrogens is 300 g/mol. The normalized spacial score (nSPS) is 21.4. The van der Waals surface area contributed by atoms with Crippen LogP contribution in [-0.2, 0) is 4.79 Å². The minimum Gasteiger partial charge on any atom is -0.480 e. The Bertz CT molecular complexity index is 635. The van der Waals surface area contributed by atoms with Crippen LogP contribution < -0.4 is 10.4 Å². The number of aliphatic hydroxyl groups is 1. The number of carboxylic acids is 1. The van der Waals surface area contributed by atoms with E-state index in [4.69, 9.17) is 5.11 Å². The van der Waals surface area contributed by atoms with Crippen molar-refractivity contribution >= 4 is 23.0 Å². The van der Waals surface area contributed by atoms with Crippen LogP contribution in [-0.4, -0.2) is 44.7 Å². The first-order valence-electron chi connectivity index (χ1n) is 6.17. The molecule has 1 fully saturated rings. The Hall–Kier alpha value is -2.79. The van der Waals surface area contributed by atoms with Crippen LogP contribution in [0.2, 0.25) is 0 Å². The van der Waals surface area contributed by atoms with Crippen LogP contribution >= 0.6 is 0 Å². The number of rotatable bonds is 4. The Balaban J connectivity index is 2.40. The van der Waals surface area contributed by atoms with E-state index in [1.807, 2.05) is 0 Å². The van der Waals surface area contributed by atoms with Gasteiger partial charge in [0.25, 0.3) is 5.69 Å². The third kappa shape index (κ3) is 3.10. The van der Waals surface area contributed by atoms with Gasteiger partial charge in [0.05, 0.1) is 28.6 Å². The monoisotopic (exact) mass is 312 g/mol. The van der Waals surface area contributed by atoms with Gasteiger partial charge in [-0.15, -0.1) is 0 Å². The van der Waals surface area contributed by atoms with Gasteiger partial charge < -0.3 is 10.2 Å². The van der Waals surface area contributed by atoms with Crippen molar-refractivity contribution in [1.82, 2.24) is 5.43 Å². The van der Waals surface area contributed by atoms with Crippen LogP contribution in [0.5, 0.6) is 0 Å². The van der Waals surface area contributed by atoms with Gasteiger partial charge >= 0.3 is 11.7 Å². The van der Waals surface area contributed by atoms with Gasteiger partial charge in [0.1, 0.15) is 11.7 Å². The molecule has 0 amide bonds. The smallest absolute Gasteiger partial charge is 0.322 e. The summed E-state index contributed by atoms with van der Waals surface area (Å²) in [6.45, 7) is -0.0809. The number of carboxylic acid groups (broad SMARTS) is 1. The van der Waals surface area contributed by atoms with E-state index in [1.54, 1.807) is 0 Å². The third-order valence-corrected chi connectivity index (χ3v) is 3.17. The minimum atomic E-state index is -1.21. The number of hydrogen-bond donors (Lipinski definition) is 3. The number of aliphatic hydroxyl groups excluding tert-OH is 1. The van der Waals surface area contributed by atoms with Crippen molar-refractivity contribution in [3.05, 3.63) is 38.4 Å². The molecule has 1 aliphatic rings. The van der Waals surface area contributed by atoms with Gasteiger partial charge in [-0.25, -0.2) is 5.43 Å². The zero-order valence-corrected chi connectivity index (χ0v) is 11.1. The predicted octanol–water partition coefficient (Wildman–Crippen LogP) is 0.0318. The first-order chi connectivity index (χ1) is 10.3. The molecule has 11 nitrogen and oxygen atoms in total. The van der Waals surface area contributed by atoms with Crippen molar-refractivity contribution in [3.63, 3.8) is 0 Å². The Kier molecular flexibility index (Phi) is 4.19. The maximum atomic E-state index is 11.1. The molecule has 0 spiro atoms. The number of benzene rings is 1. The van der Waals surface area contributed by atoms with Crippen molar-refractivity contribution in [2.24, 2.45) is 0 Å². The molecule has 1 heterocycles. The van der Waals surface area contributed by atoms with E-state index in [9.17, 15) is 30.1 Å². The molecule has 0 aromatic heterocycles. The first kappa shape index (κ1) is 15.6. The summed E-state index contributed by atoms with van der Waals surface area (Å²) >= 11 is 0. The first-order valence-corrected chi connectivity index (χ1v) is 6.17. The molecule has 0 unspecified atom stereocenters. The number of non-ortho nitro benzene ring substituents is 1. The molecule has 1 saturated heterocycles. The van der Waals surface area contributed by atoms with Crippen molar-refractivity contribution in [1.29, 1.82) is 0 Å². The topological polar surface area (TPSA) is 159 Å². The highest BCUT2D eigenvalue weighted by Crippen LogP contribution is 2.32. The molecule has 2 atom stereocenters. The van der Waals surface area contributed by atoms with E-state index in [0.717, 1.165) is 23.2 Å². The van der Waals surface area contributed by atoms with E-state index < -0.39 is 39.3 Å². The summed E-state index contributed by atoms with van der Waals surface area (Å²) in [4.78, 5) is 31.2. The second-order valence-electron chi connectivity index (χ2n) is 4.71. The van der Waals surface area contributed by atoms with Crippen molar-refractivity contribution in [2.75, 3.05) is 11.6 Å². The second kappa shape index (κ2) is 5.91. The van der Waals surface area contributed by atoms with Gasteiger partial charge in [-0.05, 0) is 6.07 Å². The highest BCUT2D eigenvalue weighted by Gasteiger charge is 2.33. The van der Waals surface area contributed by atoms with Gasteiger partial charge in [-0.2, -0.15) is 0 Å². The average molecular weight is 312 g/mol. The number of nitrogens with zero attached hydrogens (tertiary/aromatic N) is 3. The van der Waals surface area contributed by atoms with Crippen LogP contribution in [0.15, 0.2) is 18.2 Å². The molecule has 118 valence electrons. The van der Waals surface area contributed by atoms with Crippen LogP contribution in [0.1, 0.15) is 6.42 Å². The number of β-amino-alcohol motifs (C(OH)–C–C–N with tert-alkyl or cyclic N) is 1. The molecule has 11 heteroatoms. The van der Waals surface area contributed by atoms with E-state index in [1.165, 1.54) is 0 Å². The second-order valence-corrected chi connectivity index (χ2v) is 4.71. The maximum Gasteiger partial charge on any atom is 0.322 e. The predicted molar refractivity (Wildman–Crippen MR) is 72.3 cm³/mol. The molecule has 3 N–H and O–H groups in total. The Morgan fingerprint density at radius 2 is 2.00 bits per heavy atom. The van der Waals surface area contributed by atoms with Crippen molar-refractivity contribution in [3.8, 4) is 0 Å². The summed E-state index contributed by atoms with van der Waals surface area (Å²) in [7, 11) is 0. The van der Waals surface area contributed by atoms with Crippen LogP contribution in [0.3, 0.4) is 0 Å². The highest BCUT2D eigenvalue weighted by atomic mass is 16.6. The summed E-state index contributed by atoms with van der Waals surface area (Å²) in [6, 6.07) is 1.88. The molecule has 22 heavy (non-hydrogen) atoms. The molecule has 0 radical (unpaired) electrons. The molecule has 1 aromatic carbocycles. The standard InChI is InChI=1S/C11H12N4O7/c16-7-4-8(11(17)18)12-13(5-7)9-2-1-6(14(19)20)3-10(9)15(21)22/h1-3,7-8,12,16H,4-5H2,(H,17,18)/t7-,8+/m1/s1. The van der Waals surface area contributed by atoms with Crippen molar-refractivity contribution in [2.45, 2.75) is 18.6 Å². The zero-order valence-electron chi connectivity index (χ0n) is 11.1. The number of carbonyl (C=O) groups is 1. The molecule has 2 rings (SSSR count). The maximum absolute atomic E-state index is 11.1. The SMILES string of the molecule is O=C(O)[C@@H]1C[C@@H](O)CN(c2ccc([N+](=O)[O-])cc2[N+](=O)[O-])N1. The molecular formula is C11H12N4O7. The number of hydrogen-bond acceptors (Lipinski definition) is 8. The molecule has 0 saturated carbocycles. The molecule has 1 aromatic rings. The number of aliphatic carboxylic acids is 1. The quantitative estimate of drug-likeness (QED) is 0.514. The largest absolute Gasteiger partial charge is 0.480 e. The highest BCUT2D eigenvalue weighted by molar-refractivity contribution is 5.75. The summed E-state index contributed by atoms with van der Waals surface area (Å²) in [6.07, 6.45) is -1.05. The van der Waals surface area contributed by atoms with Gasteiger partial charge in [0, 0.05) is 12.5 Å². The minimum absolute atomic E-state index is 0.0490. The Labute approximate surface area is 123 Å². The van der Waals surface area contributed by atoms with E-state index in [0.29, 0.717) is 0 Å². The number of nitro benzene ring substituents is 2. The zero-order chi connectivity index (χ0) is 16.4. The Morgan fingerprint density at radius 1 is 1.32 bits per heavy atom. The lowest BCUT2D eigenvalue weighted by atomic mass is 10.1. The van der Waals surface area contributed by atoms with Crippen molar-refractivity contribution < 1.29 is 24.9 Å². The summed E-state index contributed by atoms with van der Waals surface area (Å²) in [5.41, 5.74) is 1.48. The van der Waals surface area contributed by atoms with Crippen LogP contribution in [0.25, 0.3) is 0 Å². The number of nitrogens with one attached hydrogen (secondary N) is 1. The lowest BCUT2D eigenvalue weighted by molar-refractivity contribution is -0.393. The lowest BCUT2D eigenvalue weighted by Crippen LogP contribution is -2.57. The third-order valence-electron chi connectivity index (χ3n) is 3.17. The summed E-state index contributed by atoms with van der Waals surface area (Å²) in [5.74, 6) is -1.21. The van der Waals surface area contributed by atoms with Crippen LogP contribution in [0, 0.1) is 20.2 Å². The van der Waals surface area contributed by atoms with Crippen LogP contribution in [0.4, 0.5) is 17.1 Å². The molecule has 0 bridgehead atoms. The fraction of sp³-hybridized carbons (Fsp3) is 0.364. The molecule has 1 aliphatic heterocycles. The number of nitro groups is 2. The number of hydrazine groups is 1. The summed E-state index contributed by atoms with van der Waals surface area (Å²) in [5, 5.41) is 41.6. The van der Waals surface area contributed by atoms with Gasteiger partial charge in [-0.1, -0.05) is 0 Å². The average Bonchev–Trinajstić information content (AvgIpc) is 2.45. The molecule has 0 aliphatic carbocycles. The van der Waals surface area contributed by atoms with E-state index in [2.05, 4.69) is 5.43 Å².